The van der Waals surface area contributed by atoms with Crippen LogP contribution in [0.4, 0.5) is 0 Å². The van der Waals surface area contributed by atoms with Gasteiger partial charge in [-0.15, -0.1) is 10.2 Å². The van der Waals surface area contributed by atoms with E-state index in [1.165, 1.54) is 12.8 Å². The predicted octanol–water partition coefficient (Wildman–Crippen LogP) is 1.28. The number of hydrogen-bond acceptors (Lipinski definition) is 3. The van der Waals surface area contributed by atoms with E-state index in [1.54, 1.807) is 6.07 Å². The molecule has 3 heterocycles. The number of rotatable bonds is 3. The molecular weight excluding hydrogens is 216 g/mol. The SMILES string of the molecule is O=Cc1ccn(Cc2nnc3n2CCCC3)c1. The lowest BCUT2D eigenvalue weighted by molar-refractivity contribution is 0.112. The number of hydrogen-bond donors (Lipinski definition) is 0. The van der Waals surface area contributed by atoms with Gasteiger partial charge in [0, 0.05) is 30.9 Å². The maximum Gasteiger partial charge on any atom is 0.152 e. The monoisotopic (exact) mass is 230 g/mol. The van der Waals surface area contributed by atoms with Crippen LogP contribution in [0.15, 0.2) is 18.5 Å². The highest BCUT2D eigenvalue weighted by atomic mass is 16.1. The van der Waals surface area contributed by atoms with Gasteiger partial charge < -0.3 is 9.13 Å². The molecule has 0 bridgehead atoms. The van der Waals surface area contributed by atoms with Gasteiger partial charge in [0.2, 0.25) is 0 Å². The van der Waals surface area contributed by atoms with E-state index in [2.05, 4.69) is 14.8 Å². The van der Waals surface area contributed by atoms with Crippen LogP contribution >= 0.6 is 0 Å². The van der Waals surface area contributed by atoms with Gasteiger partial charge in [-0.25, -0.2) is 0 Å². The molecule has 5 heteroatoms. The van der Waals surface area contributed by atoms with Gasteiger partial charge in [-0.2, -0.15) is 0 Å². The first kappa shape index (κ1) is 10.3. The topological polar surface area (TPSA) is 52.7 Å². The summed E-state index contributed by atoms with van der Waals surface area (Å²) < 4.78 is 4.17. The zero-order valence-electron chi connectivity index (χ0n) is 9.54. The number of aldehydes is 1. The van der Waals surface area contributed by atoms with Crippen LogP contribution < -0.4 is 0 Å². The van der Waals surface area contributed by atoms with Gasteiger partial charge in [-0.05, 0) is 18.9 Å². The highest BCUT2D eigenvalue weighted by Crippen LogP contribution is 2.15. The molecule has 0 atom stereocenters. The summed E-state index contributed by atoms with van der Waals surface area (Å²) in [6.45, 7) is 1.69. The molecule has 0 saturated heterocycles. The van der Waals surface area contributed by atoms with Crippen molar-refractivity contribution in [3.63, 3.8) is 0 Å². The molecule has 2 aromatic heterocycles. The van der Waals surface area contributed by atoms with E-state index in [4.69, 9.17) is 0 Å². The summed E-state index contributed by atoms with van der Waals surface area (Å²) in [5.74, 6) is 2.07. The van der Waals surface area contributed by atoms with Crippen LogP contribution in [0.3, 0.4) is 0 Å². The van der Waals surface area contributed by atoms with Crippen molar-refractivity contribution in [2.45, 2.75) is 32.4 Å². The van der Waals surface area contributed by atoms with Gasteiger partial charge >= 0.3 is 0 Å². The normalized spacial score (nSPS) is 14.6. The fraction of sp³-hybridized carbons (Fsp3) is 0.417. The smallest absolute Gasteiger partial charge is 0.152 e. The molecule has 88 valence electrons. The Morgan fingerprint density at radius 2 is 2.29 bits per heavy atom. The molecule has 0 spiro atoms. The minimum atomic E-state index is 0.681. The van der Waals surface area contributed by atoms with Crippen LogP contribution in [0, 0.1) is 0 Å². The fourth-order valence-electron chi connectivity index (χ4n) is 2.28. The van der Waals surface area contributed by atoms with Crippen molar-refractivity contribution in [1.29, 1.82) is 0 Å². The van der Waals surface area contributed by atoms with E-state index >= 15 is 0 Å². The Morgan fingerprint density at radius 1 is 1.35 bits per heavy atom. The first-order valence-electron chi connectivity index (χ1n) is 5.89. The van der Waals surface area contributed by atoms with Gasteiger partial charge in [0.1, 0.15) is 5.82 Å². The van der Waals surface area contributed by atoms with E-state index in [-0.39, 0.29) is 0 Å². The van der Waals surface area contributed by atoms with Crippen molar-refractivity contribution in [1.82, 2.24) is 19.3 Å². The van der Waals surface area contributed by atoms with E-state index in [1.807, 2.05) is 17.0 Å². The number of nitrogens with zero attached hydrogens (tertiary/aromatic N) is 4. The summed E-state index contributed by atoms with van der Waals surface area (Å²) in [7, 11) is 0. The Bertz CT molecular complexity index is 540. The maximum absolute atomic E-state index is 10.6. The summed E-state index contributed by atoms with van der Waals surface area (Å²) in [6.07, 6.45) is 8.01. The Morgan fingerprint density at radius 3 is 3.12 bits per heavy atom. The number of aryl methyl sites for hydroxylation is 1. The second-order valence-electron chi connectivity index (χ2n) is 4.38. The van der Waals surface area contributed by atoms with Crippen molar-refractivity contribution < 1.29 is 4.79 Å². The largest absolute Gasteiger partial charge is 0.346 e. The lowest BCUT2D eigenvalue weighted by atomic mass is 10.2. The Hall–Kier alpha value is -1.91. The van der Waals surface area contributed by atoms with Crippen LogP contribution in [0.25, 0.3) is 0 Å². The molecule has 17 heavy (non-hydrogen) atoms. The summed E-state index contributed by atoms with van der Waals surface area (Å²) >= 11 is 0. The molecule has 2 aromatic rings. The molecule has 5 nitrogen and oxygen atoms in total. The zero-order valence-corrected chi connectivity index (χ0v) is 9.54. The molecule has 0 amide bonds. The predicted molar refractivity (Wildman–Crippen MR) is 61.9 cm³/mol. The number of fused-ring (bicyclic) bond motifs is 1. The van der Waals surface area contributed by atoms with Crippen molar-refractivity contribution >= 4 is 6.29 Å². The Labute approximate surface area is 99.1 Å². The molecule has 0 aromatic carbocycles. The quantitative estimate of drug-likeness (QED) is 0.746. The lowest BCUT2D eigenvalue weighted by Gasteiger charge is -2.14. The standard InChI is InChI=1S/C12H14N4O/c17-9-10-4-6-15(7-10)8-12-14-13-11-3-1-2-5-16(11)12/h4,6-7,9H,1-3,5,8H2. The van der Waals surface area contributed by atoms with Gasteiger partial charge in [0.15, 0.2) is 12.1 Å². The van der Waals surface area contributed by atoms with Crippen LogP contribution in [-0.4, -0.2) is 25.6 Å². The maximum atomic E-state index is 10.6. The van der Waals surface area contributed by atoms with Crippen molar-refractivity contribution in [3.8, 4) is 0 Å². The molecule has 0 fully saturated rings. The highest BCUT2D eigenvalue weighted by molar-refractivity contribution is 5.74. The van der Waals surface area contributed by atoms with Gasteiger partial charge in [0.25, 0.3) is 0 Å². The van der Waals surface area contributed by atoms with Crippen molar-refractivity contribution in [3.05, 3.63) is 35.7 Å². The van der Waals surface area contributed by atoms with Gasteiger partial charge in [-0.1, -0.05) is 0 Å². The van der Waals surface area contributed by atoms with E-state index in [0.717, 1.165) is 30.9 Å². The van der Waals surface area contributed by atoms with Crippen LogP contribution in [0.5, 0.6) is 0 Å². The zero-order chi connectivity index (χ0) is 11.7. The van der Waals surface area contributed by atoms with Crippen LogP contribution in [0.1, 0.15) is 34.8 Å². The van der Waals surface area contributed by atoms with Crippen LogP contribution in [-0.2, 0) is 19.5 Å². The van der Waals surface area contributed by atoms with Crippen LogP contribution in [0.2, 0.25) is 0 Å². The first-order chi connectivity index (χ1) is 8.36. The van der Waals surface area contributed by atoms with Gasteiger partial charge in [0.05, 0.1) is 6.54 Å². The third kappa shape index (κ3) is 1.88. The molecule has 0 unspecified atom stereocenters. The fourth-order valence-corrected chi connectivity index (χ4v) is 2.28. The Kier molecular flexibility index (Phi) is 2.51. The van der Waals surface area contributed by atoms with Crippen molar-refractivity contribution in [2.24, 2.45) is 0 Å². The van der Waals surface area contributed by atoms with E-state index in [0.29, 0.717) is 12.1 Å². The summed E-state index contributed by atoms with van der Waals surface area (Å²) in [5.41, 5.74) is 0.698. The second-order valence-corrected chi connectivity index (χ2v) is 4.38. The first-order valence-corrected chi connectivity index (χ1v) is 5.89. The summed E-state index contributed by atoms with van der Waals surface area (Å²) in [4.78, 5) is 10.6. The molecule has 0 N–H and O–H groups in total. The molecule has 0 radical (unpaired) electrons. The molecular formula is C12H14N4O. The number of carbonyl (C=O) groups is 1. The second kappa shape index (κ2) is 4.16. The number of carbonyl (C=O) groups excluding carboxylic acids is 1. The minimum absolute atomic E-state index is 0.681. The summed E-state index contributed by atoms with van der Waals surface area (Å²) in [5, 5.41) is 8.44. The van der Waals surface area contributed by atoms with Crippen molar-refractivity contribution in [2.75, 3.05) is 0 Å². The molecule has 0 aliphatic carbocycles. The van der Waals surface area contributed by atoms with E-state index < -0.39 is 0 Å². The third-order valence-corrected chi connectivity index (χ3v) is 3.17. The minimum Gasteiger partial charge on any atom is -0.346 e. The van der Waals surface area contributed by atoms with E-state index in [9.17, 15) is 4.79 Å². The molecule has 1 aliphatic heterocycles. The Balaban J connectivity index is 1.85. The highest BCUT2D eigenvalue weighted by Gasteiger charge is 2.15. The number of aromatic nitrogens is 4. The molecule has 1 aliphatic rings. The summed E-state index contributed by atoms with van der Waals surface area (Å²) in [6, 6.07) is 1.81. The lowest BCUT2D eigenvalue weighted by Crippen LogP contribution is -2.14. The average Bonchev–Trinajstić information content (AvgIpc) is 2.97. The molecule has 0 saturated carbocycles. The third-order valence-electron chi connectivity index (χ3n) is 3.17. The van der Waals surface area contributed by atoms with Gasteiger partial charge in [-0.3, -0.25) is 4.79 Å². The average molecular weight is 230 g/mol. The molecule has 3 rings (SSSR count).